The molecule has 0 radical (unpaired) electrons. The van der Waals surface area contributed by atoms with Crippen molar-refractivity contribution >= 4 is 28.6 Å². The van der Waals surface area contributed by atoms with Crippen LogP contribution in [0.4, 0.5) is 0 Å². The van der Waals surface area contributed by atoms with Crippen molar-refractivity contribution in [1.29, 1.82) is 0 Å². The van der Waals surface area contributed by atoms with Crippen LogP contribution in [0.15, 0.2) is 33.5 Å². The topological polar surface area (TPSA) is 59.8 Å². The van der Waals surface area contributed by atoms with Gasteiger partial charge in [0.05, 0.1) is 6.10 Å². The van der Waals surface area contributed by atoms with Crippen molar-refractivity contribution in [2.24, 2.45) is 0 Å². The van der Waals surface area contributed by atoms with E-state index in [-0.39, 0.29) is 17.6 Å². The number of amides is 1. The molecule has 1 fully saturated rings. The molecule has 1 saturated heterocycles. The fourth-order valence-corrected chi connectivity index (χ4v) is 3.43. The van der Waals surface area contributed by atoms with Gasteiger partial charge in [-0.25, -0.2) is 4.79 Å². The van der Waals surface area contributed by atoms with Crippen LogP contribution in [0.2, 0.25) is 0 Å². The van der Waals surface area contributed by atoms with E-state index in [0.717, 1.165) is 16.9 Å². The zero-order valence-electron chi connectivity index (χ0n) is 13.2. The number of thioether (sulfide) groups is 1. The van der Waals surface area contributed by atoms with E-state index in [1.54, 1.807) is 23.1 Å². The first-order chi connectivity index (χ1) is 11.0. The van der Waals surface area contributed by atoms with E-state index in [1.807, 2.05) is 31.7 Å². The molecule has 0 bridgehead atoms. The standard InChI is InChI=1S/C17H19NO4S/c1-11(2)21-13-4-3-12-9-14(17(20)22-15(12)10-13)16(19)18-5-7-23-8-6-18/h3-4,9-11H,5-8H2,1-2H3. The summed E-state index contributed by atoms with van der Waals surface area (Å²) in [4.78, 5) is 26.4. The summed E-state index contributed by atoms with van der Waals surface area (Å²) in [5.74, 6) is 2.20. The molecule has 122 valence electrons. The third-order valence-corrected chi connectivity index (χ3v) is 4.55. The van der Waals surface area contributed by atoms with Gasteiger partial charge >= 0.3 is 5.63 Å². The van der Waals surface area contributed by atoms with Gasteiger partial charge in [0.15, 0.2) is 0 Å². The summed E-state index contributed by atoms with van der Waals surface area (Å²) in [7, 11) is 0. The van der Waals surface area contributed by atoms with E-state index in [1.165, 1.54) is 0 Å². The summed E-state index contributed by atoms with van der Waals surface area (Å²) in [6, 6.07) is 6.92. The van der Waals surface area contributed by atoms with Crippen LogP contribution < -0.4 is 10.4 Å². The Labute approximate surface area is 138 Å². The van der Waals surface area contributed by atoms with E-state index in [9.17, 15) is 9.59 Å². The average Bonchev–Trinajstić information content (AvgIpc) is 2.54. The molecule has 1 aliphatic rings. The number of benzene rings is 1. The maximum absolute atomic E-state index is 12.5. The minimum atomic E-state index is -0.595. The van der Waals surface area contributed by atoms with E-state index >= 15 is 0 Å². The third-order valence-electron chi connectivity index (χ3n) is 3.61. The van der Waals surface area contributed by atoms with Gasteiger partial charge in [0.1, 0.15) is 16.9 Å². The lowest BCUT2D eigenvalue weighted by Crippen LogP contribution is -2.39. The molecule has 23 heavy (non-hydrogen) atoms. The lowest BCUT2D eigenvalue weighted by Gasteiger charge is -2.26. The van der Waals surface area contributed by atoms with Gasteiger partial charge in [-0.1, -0.05) is 0 Å². The van der Waals surface area contributed by atoms with Gasteiger partial charge in [-0.2, -0.15) is 11.8 Å². The number of nitrogens with zero attached hydrogens (tertiary/aromatic N) is 1. The van der Waals surface area contributed by atoms with Crippen LogP contribution in [0.1, 0.15) is 24.2 Å². The van der Waals surface area contributed by atoms with Crippen molar-refractivity contribution < 1.29 is 13.9 Å². The number of hydrogen-bond acceptors (Lipinski definition) is 5. The first-order valence-corrected chi connectivity index (χ1v) is 8.81. The molecular formula is C17H19NO4S. The fraction of sp³-hybridized carbons (Fsp3) is 0.412. The predicted molar refractivity (Wildman–Crippen MR) is 91.5 cm³/mol. The molecule has 0 spiro atoms. The van der Waals surface area contributed by atoms with Crippen molar-refractivity contribution in [2.75, 3.05) is 24.6 Å². The molecule has 5 nitrogen and oxygen atoms in total. The van der Waals surface area contributed by atoms with Crippen LogP contribution in [-0.2, 0) is 0 Å². The minimum absolute atomic E-state index is 0.0389. The van der Waals surface area contributed by atoms with Crippen LogP contribution in [0.3, 0.4) is 0 Å². The second-order valence-electron chi connectivity index (χ2n) is 5.72. The number of rotatable bonds is 3. The normalized spacial score (nSPS) is 15.2. The quantitative estimate of drug-likeness (QED) is 0.808. The lowest BCUT2D eigenvalue weighted by molar-refractivity contribution is 0.0768. The van der Waals surface area contributed by atoms with Crippen molar-refractivity contribution in [1.82, 2.24) is 4.90 Å². The van der Waals surface area contributed by atoms with Gasteiger partial charge in [0.25, 0.3) is 5.91 Å². The zero-order chi connectivity index (χ0) is 16.4. The Balaban J connectivity index is 1.94. The van der Waals surface area contributed by atoms with Gasteiger partial charge in [0.2, 0.25) is 0 Å². The highest BCUT2D eigenvalue weighted by atomic mass is 32.2. The number of carbonyl (C=O) groups is 1. The maximum atomic E-state index is 12.5. The molecular weight excluding hydrogens is 314 g/mol. The summed E-state index contributed by atoms with van der Waals surface area (Å²) in [6.07, 6.45) is 0.0389. The van der Waals surface area contributed by atoms with Crippen molar-refractivity contribution in [3.63, 3.8) is 0 Å². The summed E-state index contributed by atoms with van der Waals surface area (Å²) < 4.78 is 10.9. The Morgan fingerprint density at radius 2 is 2.00 bits per heavy atom. The molecule has 0 aliphatic carbocycles. The molecule has 1 amide bonds. The molecule has 2 aromatic rings. The Morgan fingerprint density at radius 1 is 1.26 bits per heavy atom. The van der Waals surface area contributed by atoms with Crippen LogP contribution in [0.5, 0.6) is 5.75 Å². The zero-order valence-corrected chi connectivity index (χ0v) is 14.0. The maximum Gasteiger partial charge on any atom is 0.349 e. The van der Waals surface area contributed by atoms with E-state index in [0.29, 0.717) is 24.4 Å². The smallest absolute Gasteiger partial charge is 0.349 e. The Kier molecular flexibility index (Phi) is 4.61. The first-order valence-electron chi connectivity index (χ1n) is 7.66. The number of fused-ring (bicyclic) bond motifs is 1. The molecule has 0 saturated carbocycles. The highest BCUT2D eigenvalue weighted by molar-refractivity contribution is 7.99. The number of carbonyl (C=O) groups excluding carboxylic acids is 1. The predicted octanol–water partition coefficient (Wildman–Crippen LogP) is 2.77. The van der Waals surface area contributed by atoms with Gasteiger partial charge in [-0.15, -0.1) is 0 Å². The van der Waals surface area contributed by atoms with E-state index in [4.69, 9.17) is 9.15 Å². The second kappa shape index (κ2) is 6.66. The van der Waals surface area contributed by atoms with Gasteiger partial charge in [0, 0.05) is 36.0 Å². The molecule has 1 aromatic heterocycles. The lowest BCUT2D eigenvalue weighted by atomic mass is 10.1. The summed E-state index contributed by atoms with van der Waals surface area (Å²) in [5, 5.41) is 0.718. The minimum Gasteiger partial charge on any atom is -0.491 e. The van der Waals surface area contributed by atoms with E-state index < -0.39 is 5.63 Å². The Hall–Kier alpha value is -1.95. The molecule has 0 unspecified atom stereocenters. The fourth-order valence-electron chi connectivity index (χ4n) is 2.52. The number of hydrogen-bond donors (Lipinski definition) is 0. The van der Waals surface area contributed by atoms with Crippen molar-refractivity contribution in [3.05, 3.63) is 40.2 Å². The summed E-state index contributed by atoms with van der Waals surface area (Å²) in [5.41, 5.74) is -0.0664. The van der Waals surface area contributed by atoms with Crippen LogP contribution in [0, 0.1) is 0 Å². The molecule has 6 heteroatoms. The highest BCUT2D eigenvalue weighted by Crippen LogP contribution is 2.22. The molecule has 1 aromatic carbocycles. The summed E-state index contributed by atoms with van der Waals surface area (Å²) >= 11 is 1.81. The Bertz CT molecular complexity index is 778. The highest BCUT2D eigenvalue weighted by Gasteiger charge is 2.22. The third kappa shape index (κ3) is 3.52. The Morgan fingerprint density at radius 3 is 2.70 bits per heavy atom. The second-order valence-corrected chi connectivity index (χ2v) is 6.94. The van der Waals surface area contributed by atoms with Gasteiger partial charge in [-0.05, 0) is 32.0 Å². The van der Waals surface area contributed by atoms with Gasteiger partial charge < -0.3 is 14.1 Å². The molecule has 3 rings (SSSR count). The molecule has 0 atom stereocenters. The number of ether oxygens (including phenoxy) is 1. The monoisotopic (exact) mass is 333 g/mol. The van der Waals surface area contributed by atoms with Crippen LogP contribution >= 0.6 is 11.8 Å². The van der Waals surface area contributed by atoms with Crippen LogP contribution in [-0.4, -0.2) is 41.5 Å². The first kappa shape index (κ1) is 15.9. The van der Waals surface area contributed by atoms with Crippen LogP contribution in [0.25, 0.3) is 11.0 Å². The molecule has 2 heterocycles. The molecule has 1 aliphatic heterocycles. The SMILES string of the molecule is CC(C)Oc1ccc2cc(C(=O)N3CCSCC3)c(=O)oc2c1. The van der Waals surface area contributed by atoms with Gasteiger partial charge in [-0.3, -0.25) is 4.79 Å². The molecule has 0 N–H and O–H groups in total. The summed E-state index contributed by atoms with van der Waals surface area (Å²) in [6.45, 7) is 5.20. The average molecular weight is 333 g/mol. The van der Waals surface area contributed by atoms with Crippen molar-refractivity contribution in [3.8, 4) is 5.75 Å². The van der Waals surface area contributed by atoms with E-state index in [2.05, 4.69) is 0 Å². The largest absolute Gasteiger partial charge is 0.491 e. The van der Waals surface area contributed by atoms with Crippen molar-refractivity contribution in [2.45, 2.75) is 20.0 Å².